The quantitative estimate of drug-likeness (QED) is 0.363. The maximum Gasteiger partial charge on any atom is 0.330 e. The van der Waals surface area contributed by atoms with Gasteiger partial charge in [0, 0.05) is 37.3 Å². The van der Waals surface area contributed by atoms with Crippen LogP contribution in [0.4, 0.5) is 0 Å². The largest absolute Gasteiger partial charge is 0.463 e. The third kappa shape index (κ3) is 5.73. The van der Waals surface area contributed by atoms with Crippen molar-refractivity contribution >= 4 is 11.9 Å². The minimum atomic E-state index is -0.309. The van der Waals surface area contributed by atoms with Gasteiger partial charge >= 0.3 is 5.97 Å². The number of piperazine rings is 1. The Kier molecular flexibility index (Phi) is 8.34. The standard InChI is InChI=1S/C31H36N4O3/c1-2-38-28(36)20-25-15-9-10-16-27(25)35-22-33-29(30(35)24-13-7-4-8-14-24)31(37)34-18-17-32-21-26(34)19-23-11-5-3-6-12-23/h3-8,11-14,20,22,26-27,32H,2,9-10,15-19,21H2,1H3/t26-,27+/m1/s1. The molecule has 5 rings (SSSR count). The van der Waals surface area contributed by atoms with Crippen molar-refractivity contribution in [1.82, 2.24) is 19.8 Å². The van der Waals surface area contributed by atoms with E-state index < -0.39 is 0 Å². The fourth-order valence-corrected chi connectivity index (χ4v) is 5.71. The third-order valence-corrected chi connectivity index (χ3v) is 7.52. The number of allylic oxidation sites excluding steroid dienone is 1. The van der Waals surface area contributed by atoms with E-state index in [0.717, 1.165) is 62.0 Å². The van der Waals surface area contributed by atoms with Crippen LogP contribution in [0.3, 0.4) is 0 Å². The summed E-state index contributed by atoms with van der Waals surface area (Å²) in [7, 11) is 0. The SMILES string of the molecule is CCOC(=O)C=C1CCCC[C@@H]1n1cnc(C(=O)N2CCNC[C@H]2Cc2ccccc2)c1-c1ccccc1. The molecule has 1 saturated heterocycles. The van der Waals surface area contributed by atoms with Gasteiger partial charge in [-0.05, 0) is 43.7 Å². The van der Waals surface area contributed by atoms with Gasteiger partial charge in [-0.1, -0.05) is 67.1 Å². The molecular formula is C31H36N4O3. The summed E-state index contributed by atoms with van der Waals surface area (Å²) < 4.78 is 7.33. The molecule has 1 N–H and O–H groups in total. The number of nitrogens with zero attached hydrogens (tertiary/aromatic N) is 3. The monoisotopic (exact) mass is 512 g/mol. The van der Waals surface area contributed by atoms with E-state index in [0.29, 0.717) is 18.8 Å². The van der Waals surface area contributed by atoms with Gasteiger partial charge < -0.3 is 19.5 Å². The number of nitrogens with one attached hydrogen (secondary N) is 1. The second-order valence-electron chi connectivity index (χ2n) is 9.99. The van der Waals surface area contributed by atoms with E-state index in [-0.39, 0.29) is 24.0 Å². The topological polar surface area (TPSA) is 76.5 Å². The Balaban J connectivity index is 1.52. The van der Waals surface area contributed by atoms with Gasteiger partial charge in [0.25, 0.3) is 5.91 Å². The summed E-state index contributed by atoms with van der Waals surface area (Å²) in [4.78, 5) is 33.3. The molecule has 0 radical (unpaired) electrons. The van der Waals surface area contributed by atoms with Crippen molar-refractivity contribution in [2.75, 3.05) is 26.2 Å². The molecule has 2 atom stereocenters. The van der Waals surface area contributed by atoms with Gasteiger partial charge in [-0.3, -0.25) is 4.79 Å². The lowest BCUT2D eigenvalue weighted by Gasteiger charge is -2.36. The van der Waals surface area contributed by atoms with E-state index in [2.05, 4.69) is 22.0 Å². The molecular weight excluding hydrogens is 476 g/mol. The van der Waals surface area contributed by atoms with Crippen LogP contribution < -0.4 is 5.32 Å². The van der Waals surface area contributed by atoms with Crippen LogP contribution in [0.1, 0.15) is 54.7 Å². The van der Waals surface area contributed by atoms with Gasteiger partial charge in [0.15, 0.2) is 5.69 Å². The lowest BCUT2D eigenvalue weighted by atomic mass is 9.89. The first kappa shape index (κ1) is 25.9. The van der Waals surface area contributed by atoms with Gasteiger partial charge in [0.2, 0.25) is 0 Å². The highest BCUT2D eigenvalue weighted by Gasteiger charge is 2.33. The number of rotatable bonds is 7. The summed E-state index contributed by atoms with van der Waals surface area (Å²) in [6, 6.07) is 20.3. The highest BCUT2D eigenvalue weighted by Crippen LogP contribution is 2.38. The Labute approximate surface area is 224 Å². The van der Waals surface area contributed by atoms with E-state index in [1.54, 1.807) is 12.4 Å². The van der Waals surface area contributed by atoms with Gasteiger partial charge in [-0.15, -0.1) is 0 Å². The van der Waals surface area contributed by atoms with Crippen molar-refractivity contribution in [2.45, 2.75) is 51.1 Å². The molecule has 1 aromatic heterocycles. The average molecular weight is 513 g/mol. The molecule has 0 bridgehead atoms. The van der Waals surface area contributed by atoms with Crippen LogP contribution in [-0.2, 0) is 16.0 Å². The second-order valence-corrected chi connectivity index (χ2v) is 9.99. The van der Waals surface area contributed by atoms with Crippen LogP contribution in [0.25, 0.3) is 11.3 Å². The number of carbonyl (C=O) groups is 2. The molecule has 0 unspecified atom stereocenters. The number of ether oxygens (including phenoxy) is 1. The number of esters is 1. The minimum Gasteiger partial charge on any atom is -0.463 e. The molecule has 7 nitrogen and oxygen atoms in total. The van der Waals surface area contributed by atoms with E-state index in [9.17, 15) is 9.59 Å². The molecule has 7 heteroatoms. The van der Waals surface area contributed by atoms with Crippen molar-refractivity contribution in [3.63, 3.8) is 0 Å². The highest BCUT2D eigenvalue weighted by molar-refractivity contribution is 5.98. The Morgan fingerprint density at radius 3 is 2.61 bits per heavy atom. The summed E-state index contributed by atoms with van der Waals surface area (Å²) in [6.07, 6.45) is 8.03. The van der Waals surface area contributed by atoms with Crippen LogP contribution in [0.5, 0.6) is 0 Å². The summed E-state index contributed by atoms with van der Waals surface area (Å²) in [6.45, 7) is 4.30. The van der Waals surface area contributed by atoms with Crippen LogP contribution in [0.2, 0.25) is 0 Å². The Bertz CT molecular complexity index is 1270. The fraction of sp³-hybridized carbons (Fsp3) is 0.387. The van der Waals surface area contributed by atoms with E-state index in [1.807, 2.05) is 60.4 Å². The van der Waals surface area contributed by atoms with Crippen LogP contribution in [-0.4, -0.2) is 58.6 Å². The van der Waals surface area contributed by atoms with Crippen LogP contribution in [0, 0.1) is 0 Å². The predicted octanol–water partition coefficient (Wildman–Crippen LogP) is 4.81. The smallest absolute Gasteiger partial charge is 0.330 e. The lowest BCUT2D eigenvalue weighted by molar-refractivity contribution is -0.137. The Morgan fingerprint density at radius 1 is 1.08 bits per heavy atom. The minimum absolute atomic E-state index is 0.0412. The van der Waals surface area contributed by atoms with Crippen molar-refractivity contribution in [2.24, 2.45) is 0 Å². The van der Waals surface area contributed by atoms with Crippen molar-refractivity contribution in [3.8, 4) is 11.3 Å². The van der Waals surface area contributed by atoms with Crippen LogP contribution >= 0.6 is 0 Å². The molecule has 1 aliphatic heterocycles. The molecule has 3 aromatic rings. The lowest BCUT2D eigenvalue weighted by Crippen LogP contribution is -2.54. The normalized spacial score (nSPS) is 20.9. The Morgan fingerprint density at radius 2 is 1.84 bits per heavy atom. The molecule has 2 aliphatic rings. The molecule has 38 heavy (non-hydrogen) atoms. The first-order valence-corrected chi connectivity index (χ1v) is 13.7. The third-order valence-electron chi connectivity index (χ3n) is 7.52. The molecule has 198 valence electrons. The molecule has 2 fully saturated rings. The number of hydrogen-bond donors (Lipinski definition) is 1. The maximum absolute atomic E-state index is 14.2. The van der Waals surface area contributed by atoms with Gasteiger partial charge in [0.1, 0.15) is 0 Å². The van der Waals surface area contributed by atoms with E-state index in [4.69, 9.17) is 9.72 Å². The van der Waals surface area contributed by atoms with Gasteiger partial charge in [-0.2, -0.15) is 0 Å². The average Bonchev–Trinajstić information content (AvgIpc) is 3.39. The number of benzene rings is 2. The molecule has 2 heterocycles. The zero-order valence-electron chi connectivity index (χ0n) is 22.0. The number of hydrogen-bond acceptors (Lipinski definition) is 5. The van der Waals surface area contributed by atoms with E-state index >= 15 is 0 Å². The number of aromatic nitrogens is 2. The zero-order valence-corrected chi connectivity index (χ0v) is 22.0. The second kappa shape index (κ2) is 12.2. The summed E-state index contributed by atoms with van der Waals surface area (Å²) in [5.74, 6) is -0.353. The molecule has 0 spiro atoms. The molecule has 1 saturated carbocycles. The number of carbonyl (C=O) groups excluding carboxylic acids is 2. The summed E-state index contributed by atoms with van der Waals surface area (Å²) >= 11 is 0. The van der Waals surface area contributed by atoms with Gasteiger partial charge in [-0.25, -0.2) is 9.78 Å². The van der Waals surface area contributed by atoms with Crippen LogP contribution in [0.15, 0.2) is 78.6 Å². The van der Waals surface area contributed by atoms with Crippen molar-refractivity contribution in [1.29, 1.82) is 0 Å². The summed E-state index contributed by atoms with van der Waals surface area (Å²) in [5, 5.41) is 3.46. The first-order chi connectivity index (χ1) is 18.7. The Hall–Kier alpha value is -3.71. The van der Waals surface area contributed by atoms with E-state index in [1.165, 1.54) is 5.56 Å². The van der Waals surface area contributed by atoms with Crippen molar-refractivity contribution < 1.29 is 14.3 Å². The molecule has 1 aliphatic carbocycles. The van der Waals surface area contributed by atoms with Crippen molar-refractivity contribution in [3.05, 3.63) is 89.9 Å². The molecule has 1 amide bonds. The predicted molar refractivity (Wildman–Crippen MR) is 148 cm³/mol. The fourth-order valence-electron chi connectivity index (χ4n) is 5.71. The highest BCUT2D eigenvalue weighted by atomic mass is 16.5. The number of imidazole rings is 1. The maximum atomic E-state index is 14.2. The number of amides is 1. The first-order valence-electron chi connectivity index (χ1n) is 13.7. The van der Waals surface area contributed by atoms with Gasteiger partial charge in [0.05, 0.1) is 24.7 Å². The zero-order chi connectivity index (χ0) is 26.3. The molecule has 2 aromatic carbocycles. The summed E-state index contributed by atoms with van der Waals surface area (Å²) in [5.41, 5.74) is 4.48.